The summed E-state index contributed by atoms with van der Waals surface area (Å²) in [7, 11) is 0. The molecular weight excluding hydrogens is 290 g/mol. The van der Waals surface area contributed by atoms with E-state index in [1.165, 1.54) is 16.8 Å². The molecular formula is C13H13N5O4. The lowest BCUT2D eigenvalue weighted by atomic mass is 10.0. The number of allylic oxidation sites excluding steroid dienone is 1. The van der Waals surface area contributed by atoms with Crippen molar-refractivity contribution in [3.8, 4) is 11.5 Å². The molecule has 1 aliphatic rings. The average molecular weight is 303 g/mol. The molecule has 1 atom stereocenters. The number of carboxylic acids is 1. The zero-order chi connectivity index (χ0) is 15.7. The van der Waals surface area contributed by atoms with Gasteiger partial charge in [-0.3, -0.25) is 0 Å². The Balaban J connectivity index is 2.07. The number of phenolic OH excluding ortho intramolecular Hbond substituents is 1. The molecule has 0 unspecified atom stereocenters. The van der Waals surface area contributed by atoms with Crippen molar-refractivity contribution in [2.45, 2.75) is 13.0 Å². The van der Waals surface area contributed by atoms with Crippen LogP contribution < -0.4 is 10.1 Å². The lowest BCUT2D eigenvalue weighted by Gasteiger charge is -2.22. The molecule has 1 aliphatic heterocycles. The second kappa shape index (κ2) is 5.35. The Morgan fingerprint density at radius 2 is 2.32 bits per heavy atom. The molecule has 22 heavy (non-hydrogen) atoms. The molecule has 0 saturated carbocycles. The van der Waals surface area contributed by atoms with Crippen LogP contribution in [0.15, 0.2) is 30.0 Å². The third-order valence-electron chi connectivity index (χ3n) is 3.18. The van der Waals surface area contributed by atoms with Gasteiger partial charge in [-0.1, -0.05) is 11.2 Å². The van der Waals surface area contributed by atoms with E-state index in [4.69, 9.17) is 4.74 Å². The molecule has 0 fully saturated rings. The first kappa shape index (κ1) is 13.9. The van der Waals surface area contributed by atoms with Crippen LogP contribution in [0.5, 0.6) is 11.5 Å². The highest BCUT2D eigenvalue weighted by atomic mass is 16.5. The Labute approximate surface area is 124 Å². The molecule has 3 rings (SSSR count). The van der Waals surface area contributed by atoms with Gasteiger partial charge in [0.05, 0.1) is 6.61 Å². The van der Waals surface area contributed by atoms with Gasteiger partial charge in [0.25, 0.3) is 0 Å². The van der Waals surface area contributed by atoms with Gasteiger partial charge in [0.2, 0.25) is 5.95 Å². The van der Waals surface area contributed by atoms with Crippen molar-refractivity contribution in [2.24, 2.45) is 0 Å². The first-order valence-corrected chi connectivity index (χ1v) is 6.56. The van der Waals surface area contributed by atoms with Crippen molar-refractivity contribution in [1.29, 1.82) is 0 Å². The molecule has 114 valence electrons. The van der Waals surface area contributed by atoms with E-state index in [0.717, 1.165) is 0 Å². The van der Waals surface area contributed by atoms with Gasteiger partial charge >= 0.3 is 5.97 Å². The number of phenols is 1. The second-order valence-corrected chi connectivity index (χ2v) is 4.56. The van der Waals surface area contributed by atoms with Crippen LogP contribution in [-0.2, 0) is 4.79 Å². The van der Waals surface area contributed by atoms with Gasteiger partial charge in [0.1, 0.15) is 11.7 Å². The lowest BCUT2D eigenvalue weighted by molar-refractivity contribution is -0.132. The second-order valence-electron chi connectivity index (χ2n) is 4.56. The number of aromatic nitrogens is 4. The van der Waals surface area contributed by atoms with E-state index in [2.05, 4.69) is 20.8 Å². The number of anilines is 1. The third kappa shape index (κ3) is 2.32. The minimum Gasteiger partial charge on any atom is -0.504 e. The number of carboxylic acid groups (broad SMARTS) is 1. The number of aliphatic carboxylic acids is 1. The minimum atomic E-state index is -1.11. The number of aromatic hydroxyl groups is 1. The van der Waals surface area contributed by atoms with Crippen LogP contribution >= 0.6 is 0 Å². The zero-order valence-corrected chi connectivity index (χ0v) is 11.6. The number of carbonyl (C=O) groups is 1. The van der Waals surface area contributed by atoms with Gasteiger partial charge in [0, 0.05) is 0 Å². The highest BCUT2D eigenvalue weighted by molar-refractivity contribution is 5.90. The number of nitrogens with zero attached hydrogens (tertiary/aromatic N) is 4. The Bertz CT molecular complexity index is 755. The molecule has 0 saturated heterocycles. The summed E-state index contributed by atoms with van der Waals surface area (Å²) in [6.45, 7) is 2.20. The Hall–Kier alpha value is -3.10. The Kier molecular flexibility index (Phi) is 3.37. The number of rotatable bonds is 4. The van der Waals surface area contributed by atoms with Crippen LogP contribution in [0.1, 0.15) is 18.5 Å². The van der Waals surface area contributed by atoms with E-state index in [1.54, 1.807) is 19.1 Å². The molecule has 0 amide bonds. The summed E-state index contributed by atoms with van der Waals surface area (Å²) in [5.74, 6) is -0.545. The van der Waals surface area contributed by atoms with Crippen molar-refractivity contribution >= 4 is 11.9 Å². The molecule has 3 N–H and O–H groups in total. The number of ether oxygens (including phenoxy) is 1. The summed E-state index contributed by atoms with van der Waals surface area (Å²) in [5, 5.41) is 32.7. The SMILES string of the molecule is CCOc1cc([C@@H]2C=C(C(=O)O)Nc3nnnn32)ccc1O. The summed E-state index contributed by atoms with van der Waals surface area (Å²) >= 11 is 0. The zero-order valence-electron chi connectivity index (χ0n) is 11.6. The molecule has 0 aliphatic carbocycles. The normalized spacial score (nSPS) is 16.4. The molecule has 2 aromatic rings. The van der Waals surface area contributed by atoms with E-state index in [0.29, 0.717) is 17.9 Å². The monoisotopic (exact) mass is 303 g/mol. The van der Waals surface area contributed by atoms with Gasteiger partial charge in [0.15, 0.2) is 11.5 Å². The van der Waals surface area contributed by atoms with Crippen LogP contribution in [0.3, 0.4) is 0 Å². The fourth-order valence-corrected chi connectivity index (χ4v) is 2.20. The number of hydrogen-bond donors (Lipinski definition) is 3. The van der Waals surface area contributed by atoms with E-state index in [9.17, 15) is 15.0 Å². The summed E-state index contributed by atoms with van der Waals surface area (Å²) in [5.41, 5.74) is 0.674. The Morgan fingerprint density at radius 1 is 1.50 bits per heavy atom. The standard InChI is InChI=1S/C13H13N5O4/c1-2-22-11-5-7(3-4-10(11)19)9-6-8(12(20)21)14-13-15-16-17-18(9)13/h3-6,9,19H,2H2,1H3,(H,20,21)(H,14,15,17)/t9-/m0/s1. The van der Waals surface area contributed by atoms with Gasteiger partial charge in [-0.25, -0.2) is 4.79 Å². The smallest absolute Gasteiger partial charge is 0.352 e. The number of hydrogen-bond acceptors (Lipinski definition) is 7. The van der Waals surface area contributed by atoms with Crippen LogP contribution in [0, 0.1) is 0 Å². The molecule has 2 heterocycles. The lowest BCUT2D eigenvalue weighted by Crippen LogP contribution is -2.24. The number of nitrogens with one attached hydrogen (secondary N) is 1. The molecule has 1 aromatic carbocycles. The Morgan fingerprint density at radius 3 is 3.05 bits per heavy atom. The maximum atomic E-state index is 11.2. The van der Waals surface area contributed by atoms with Crippen LogP contribution in [0.4, 0.5) is 5.95 Å². The summed E-state index contributed by atoms with van der Waals surface area (Å²) in [4.78, 5) is 11.2. The van der Waals surface area contributed by atoms with Gasteiger partial charge in [-0.05, 0) is 41.1 Å². The van der Waals surface area contributed by atoms with Crippen LogP contribution in [0.25, 0.3) is 0 Å². The van der Waals surface area contributed by atoms with Crippen molar-refractivity contribution in [3.05, 3.63) is 35.5 Å². The number of fused-ring (bicyclic) bond motifs is 1. The first-order chi connectivity index (χ1) is 10.6. The topological polar surface area (TPSA) is 122 Å². The van der Waals surface area contributed by atoms with Crippen LogP contribution in [0.2, 0.25) is 0 Å². The predicted molar refractivity (Wildman–Crippen MR) is 74.6 cm³/mol. The highest BCUT2D eigenvalue weighted by Crippen LogP contribution is 2.33. The summed E-state index contributed by atoms with van der Waals surface area (Å²) in [6, 6.07) is 4.27. The van der Waals surface area contributed by atoms with Crippen molar-refractivity contribution in [2.75, 3.05) is 11.9 Å². The van der Waals surface area contributed by atoms with E-state index < -0.39 is 12.0 Å². The molecule has 9 heteroatoms. The van der Waals surface area contributed by atoms with Gasteiger partial charge in [-0.15, -0.1) is 0 Å². The maximum absolute atomic E-state index is 11.2. The quantitative estimate of drug-likeness (QED) is 0.756. The molecule has 0 radical (unpaired) electrons. The number of benzene rings is 1. The van der Waals surface area contributed by atoms with E-state index in [1.807, 2.05) is 0 Å². The highest BCUT2D eigenvalue weighted by Gasteiger charge is 2.27. The molecule has 0 bridgehead atoms. The maximum Gasteiger partial charge on any atom is 0.352 e. The first-order valence-electron chi connectivity index (χ1n) is 6.56. The van der Waals surface area contributed by atoms with Gasteiger partial charge < -0.3 is 20.3 Å². The summed E-state index contributed by atoms with van der Waals surface area (Å²) < 4.78 is 6.80. The predicted octanol–water partition coefficient (Wildman–Crippen LogP) is 0.761. The van der Waals surface area contributed by atoms with Crippen LogP contribution in [-0.4, -0.2) is 43.0 Å². The fraction of sp³-hybridized carbons (Fsp3) is 0.231. The number of tetrazole rings is 1. The third-order valence-corrected chi connectivity index (χ3v) is 3.18. The van der Waals surface area contributed by atoms with E-state index >= 15 is 0 Å². The van der Waals surface area contributed by atoms with Crippen molar-refractivity contribution < 1.29 is 19.7 Å². The van der Waals surface area contributed by atoms with Crippen molar-refractivity contribution in [3.63, 3.8) is 0 Å². The molecule has 9 nitrogen and oxygen atoms in total. The minimum absolute atomic E-state index is 0.0129. The fourth-order valence-electron chi connectivity index (χ4n) is 2.20. The summed E-state index contributed by atoms with van der Waals surface area (Å²) in [6.07, 6.45) is 1.49. The molecule has 0 spiro atoms. The largest absolute Gasteiger partial charge is 0.504 e. The average Bonchev–Trinajstić information content (AvgIpc) is 2.97. The molecule has 1 aromatic heterocycles. The van der Waals surface area contributed by atoms with Crippen molar-refractivity contribution in [1.82, 2.24) is 20.2 Å². The van der Waals surface area contributed by atoms with Gasteiger partial charge in [-0.2, -0.15) is 4.68 Å². The van der Waals surface area contributed by atoms with E-state index in [-0.39, 0.29) is 17.4 Å².